The first-order valence-electron chi connectivity index (χ1n) is 7.74. The van der Waals surface area contributed by atoms with Crippen LogP contribution in [-0.2, 0) is 11.3 Å². The molecule has 1 unspecified atom stereocenters. The molecular weight excluding hydrogens is 474 g/mol. The lowest BCUT2D eigenvalue weighted by molar-refractivity contribution is -0.177. The Morgan fingerprint density at radius 3 is 2.48 bits per heavy atom. The highest BCUT2D eigenvalue weighted by Crippen LogP contribution is 2.32. The van der Waals surface area contributed by atoms with Crippen molar-refractivity contribution >= 4 is 34.2 Å². The van der Waals surface area contributed by atoms with E-state index in [0.29, 0.717) is 14.9 Å². The fourth-order valence-electron chi connectivity index (χ4n) is 2.29. The van der Waals surface area contributed by atoms with Gasteiger partial charge in [0.2, 0.25) is 5.91 Å². The molecule has 27 heavy (non-hydrogen) atoms. The molecule has 0 fully saturated rings. The predicted octanol–water partition coefficient (Wildman–Crippen LogP) is 4.30. The van der Waals surface area contributed by atoms with Crippen molar-refractivity contribution in [3.8, 4) is 11.8 Å². The molecule has 0 aliphatic rings. The van der Waals surface area contributed by atoms with E-state index in [-0.39, 0.29) is 17.9 Å². The van der Waals surface area contributed by atoms with Crippen LogP contribution in [0.4, 0.5) is 18.9 Å². The van der Waals surface area contributed by atoms with Crippen LogP contribution >= 0.6 is 22.6 Å². The second-order valence-corrected chi connectivity index (χ2v) is 6.72. The molecule has 1 amide bonds. The molecule has 0 saturated heterocycles. The van der Waals surface area contributed by atoms with Gasteiger partial charge in [-0.25, -0.2) is 4.98 Å². The molecule has 9 heteroatoms. The van der Waals surface area contributed by atoms with Crippen molar-refractivity contribution in [2.45, 2.75) is 19.6 Å². The number of carbonyl (C=O) groups excluding carboxylic acids is 1. The van der Waals surface area contributed by atoms with Crippen molar-refractivity contribution in [3.05, 3.63) is 51.4 Å². The molecule has 0 aliphatic carbocycles. The first-order valence-corrected chi connectivity index (χ1v) is 8.82. The normalized spacial score (nSPS) is 12.2. The van der Waals surface area contributed by atoms with Gasteiger partial charge in [-0.2, -0.15) is 18.4 Å². The molecule has 0 N–H and O–H groups in total. The van der Waals surface area contributed by atoms with Crippen molar-refractivity contribution in [1.29, 1.82) is 5.26 Å². The van der Waals surface area contributed by atoms with Crippen LogP contribution in [0.5, 0.6) is 5.75 Å². The van der Waals surface area contributed by atoms with Crippen molar-refractivity contribution in [2.24, 2.45) is 5.92 Å². The van der Waals surface area contributed by atoms with E-state index in [1.54, 1.807) is 24.3 Å². The van der Waals surface area contributed by atoms with E-state index in [0.717, 1.165) is 11.8 Å². The Kier molecular flexibility index (Phi) is 6.64. The summed E-state index contributed by atoms with van der Waals surface area (Å²) in [6.07, 6.45) is -3.38. The third-order valence-electron chi connectivity index (χ3n) is 3.89. The number of methoxy groups -OCH3 is 1. The largest absolute Gasteiger partial charge is 0.497 e. The molecule has 2 rings (SSSR count). The van der Waals surface area contributed by atoms with Crippen LogP contribution in [0, 0.1) is 20.8 Å². The number of rotatable bonds is 5. The van der Waals surface area contributed by atoms with Crippen molar-refractivity contribution < 1.29 is 22.7 Å². The summed E-state index contributed by atoms with van der Waals surface area (Å²) in [7, 11) is 1.50. The summed E-state index contributed by atoms with van der Waals surface area (Å²) in [6, 6.07) is 9.94. The second-order valence-electron chi connectivity index (χ2n) is 5.64. The van der Waals surface area contributed by atoms with Crippen LogP contribution in [0.25, 0.3) is 0 Å². The summed E-state index contributed by atoms with van der Waals surface area (Å²) in [5, 5.41) is 9.13. The van der Waals surface area contributed by atoms with Gasteiger partial charge in [-0.15, -0.1) is 0 Å². The van der Waals surface area contributed by atoms with Crippen LogP contribution in [-0.4, -0.2) is 24.2 Å². The number of ether oxygens (including phenoxy) is 1. The average Bonchev–Trinajstić information content (AvgIpc) is 2.65. The summed E-state index contributed by atoms with van der Waals surface area (Å²) in [5.41, 5.74) is 0.865. The molecule has 0 saturated carbocycles. The van der Waals surface area contributed by atoms with Gasteiger partial charge < -0.3 is 9.64 Å². The number of hydrogen-bond acceptors (Lipinski definition) is 4. The highest BCUT2D eigenvalue weighted by Gasteiger charge is 2.43. The number of anilines is 1. The van der Waals surface area contributed by atoms with Gasteiger partial charge in [-0.1, -0.05) is 12.1 Å². The van der Waals surface area contributed by atoms with E-state index in [1.807, 2.05) is 28.7 Å². The summed E-state index contributed by atoms with van der Waals surface area (Å²) < 4.78 is 44.8. The molecular formula is C18H15F3IN3O2. The topological polar surface area (TPSA) is 66.2 Å². The van der Waals surface area contributed by atoms with Crippen molar-refractivity contribution in [1.82, 2.24) is 4.98 Å². The number of benzene rings is 1. The van der Waals surface area contributed by atoms with Gasteiger partial charge in [0.25, 0.3) is 0 Å². The fraction of sp³-hybridized carbons (Fsp3) is 0.278. The number of carbonyl (C=O) groups is 1. The quantitative estimate of drug-likeness (QED) is 0.588. The molecule has 0 bridgehead atoms. The molecule has 0 radical (unpaired) electrons. The third kappa shape index (κ3) is 4.88. The number of amides is 1. The van der Waals surface area contributed by atoms with Crippen LogP contribution in [0.2, 0.25) is 0 Å². The fourth-order valence-corrected chi connectivity index (χ4v) is 3.02. The molecule has 0 aliphatic heterocycles. The molecule has 1 aromatic carbocycles. The van der Waals surface area contributed by atoms with Gasteiger partial charge >= 0.3 is 6.18 Å². The second kappa shape index (κ2) is 8.56. The molecule has 1 heterocycles. The van der Waals surface area contributed by atoms with E-state index in [1.165, 1.54) is 19.4 Å². The zero-order chi connectivity index (χ0) is 20.2. The lowest BCUT2D eigenvalue weighted by atomic mass is 10.1. The van der Waals surface area contributed by atoms with Gasteiger partial charge in [0.15, 0.2) is 5.69 Å². The van der Waals surface area contributed by atoms with Gasteiger partial charge in [0.05, 0.1) is 22.9 Å². The maximum absolute atomic E-state index is 13.1. The zero-order valence-corrected chi connectivity index (χ0v) is 16.6. The minimum Gasteiger partial charge on any atom is -0.497 e. The molecule has 142 valence electrons. The number of alkyl halides is 3. The van der Waals surface area contributed by atoms with E-state index in [2.05, 4.69) is 4.98 Å². The zero-order valence-electron chi connectivity index (χ0n) is 14.4. The highest BCUT2D eigenvalue weighted by atomic mass is 127. The first kappa shape index (κ1) is 21.0. The SMILES string of the molecule is COc1ccc(CN(C(=O)C(C)C(F)(F)F)c2ccnc(C#N)c2I)cc1. The summed E-state index contributed by atoms with van der Waals surface area (Å²) in [6.45, 7) is 0.733. The third-order valence-corrected chi connectivity index (χ3v) is 4.96. The summed E-state index contributed by atoms with van der Waals surface area (Å²) >= 11 is 1.81. The number of halogens is 4. The number of aromatic nitrogens is 1. The Labute approximate surface area is 167 Å². The maximum Gasteiger partial charge on any atom is 0.400 e. The van der Waals surface area contributed by atoms with E-state index in [9.17, 15) is 18.0 Å². The Morgan fingerprint density at radius 1 is 1.33 bits per heavy atom. The van der Waals surface area contributed by atoms with E-state index in [4.69, 9.17) is 10.00 Å². The van der Waals surface area contributed by atoms with E-state index >= 15 is 0 Å². The van der Waals surface area contributed by atoms with Gasteiger partial charge in [-0.05, 0) is 53.3 Å². The Bertz CT molecular complexity index is 864. The average molecular weight is 489 g/mol. The standard InChI is InChI=1S/C18H15F3IN3O2/c1-11(18(19,20)21)17(26)25(10-12-3-5-13(27-2)6-4-12)15-7-8-24-14(9-23)16(15)22/h3-8,11H,10H2,1-2H3. The lowest BCUT2D eigenvalue weighted by Gasteiger charge is -2.28. The summed E-state index contributed by atoms with van der Waals surface area (Å²) in [5.74, 6) is -2.71. The van der Waals surface area contributed by atoms with Gasteiger partial charge in [-0.3, -0.25) is 4.79 Å². The molecule has 5 nitrogen and oxygen atoms in total. The minimum absolute atomic E-state index is 0.0419. The molecule has 0 spiro atoms. The smallest absolute Gasteiger partial charge is 0.400 e. The first-order chi connectivity index (χ1) is 12.7. The van der Waals surface area contributed by atoms with Crippen LogP contribution < -0.4 is 9.64 Å². The number of pyridine rings is 1. The number of nitrogens with zero attached hydrogens (tertiary/aromatic N) is 3. The predicted molar refractivity (Wildman–Crippen MR) is 101 cm³/mol. The van der Waals surface area contributed by atoms with E-state index < -0.39 is 18.0 Å². The summed E-state index contributed by atoms with van der Waals surface area (Å²) in [4.78, 5) is 17.6. The van der Waals surface area contributed by atoms with Gasteiger partial charge in [0.1, 0.15) is 17.7 Å². The Morgan fingerprint density at radius 2 is 1.96 bits per heavy atom. The monoisotopic (exact) mass is 489 g/mol. The van der Waals surface area contributed by atoms with Crippen molar-refractivity contribution in [2.75, 3.05) is 12.0 Å². The van der Waals surface area contributed by atoms with Crippen LogP contribution in [0.15, 0.2) is 36.5 Å². The number of hydrogen-bond donors (Lipinski definition) is 0. The molecule has 1 atom stereocenters. The Balaban J connectivity index is 2.48. The highest BCUT2D eigenvalue weighted by molar-refractivity contribution is 14.1. The minimum atomic E-state index is -4.67. The molecule has 2 aromatic rings. The number of nitriles is 1. The van der Waals surface area contributed by atoms with Crippen molar-refractivity contribution in [3.63, 3.8) is 0 Å². The van der Waals surface area contributed by atoms with Gasteiger partial charge in [0, 0.05) is 6.20 Å². The molecule has 1 aromatic heterocycles. The lowest BCUT2D eigenvalue weighted by Crippen LogP contribution is -2.41. The maximum atomic E-state index is 13.1. The van der Waals surface area contributed by atoms with Crippen LogP contribution in [0.1, 0.15) is 18.2 Å². The Hall–Kier alpha value is -2.35. The van der Waals surface area contributed by atoms with Crippen LogP contribution in [0.3, 0.4) is 0 Å².